The number of anilines is 1. The zero-order valence-electron chi connectivity index (χ0n) is 17.4. The highest BCUT2D eigenvalue weighted by Crippen LogP contribution is 2.32. The summed E-state index contributed by atoms with van der Waals surface area (Å²) in [6, 6.07) is 4.72. The minimum absolute atomic E-state index is 0.0342. The van der Waals surface area contributed by atoms with Gasteiger partial charge in [-0.15, -0.1) is 0 Å². The van der Waals surface area contributed by atoms with E-state index in [9.17, 15) is 19.2 Å². The number of carbonyl (C=O) groups excluding carboxylic acids is 2. The van der Waals surface area contributed by atoms with Gasteiger partial charge in [-0.3, -0.25) is 19.2 Å². The van der Waals surface area contributed by atoms with E-state index in [1.807, 2.05) is 13.8 Å². The van der Waals surface area contributed by atoms with Crippen LogP contribution in [0.25, 0.3) is 0 Å². The molecule has 1 aliphatic rings. The summed E-state index contributed by atoms with van der Waals surface area (Å²) in [5.74, 6) is -5.23. The standard InChI is InChI=1S/C19H23BCl2N2O8/c1-10(2)5-14(24-15(25)9-23-13-6-11(21)3-4-12(13)22)20-31-18(30)19(32-20,7-16(26)27)8-17(28)29/h3-4,6,10,14,23H,5,7-9H2,1-2H3,(H,24,25)(H,26,27)(H,28,29)/t14-/m0/s1. The minimum Gasteiger partial charge on any atom is -0.506 e. The number of halogens is 2. The number of nitrogens with one attached hydrogen (secondary N) is 2. The molecule has 1 heterocycles. The molecule has 0 spiro atoms. The van der Waals surface area contributed by atoms with Crippen LogP contribution in [0.3, 0.4) is 0 Å². The molecule has 0 aliphatic carbocycles. The number of hydrogen-bond donors (Lipinski definition) is 4. The van der Waals surface area contributed by atoms with E-state index in [0.717, 1.165) is 0 Å². The average molecular weight is 489 g/mol. The summed E-state index contributed by atoms with van der Waals surface area (Å²) in [5.41, 5.74) is -1.73. The quantitative estimate of drug-likeness (QED) is 0.343. The van der Waals surface area contributed by atoms with Crippen LogP contribution in [0.15, 0.2) is 18.2 Å². The zero-order valence-corrected chi connectivity index (χ0v) is 18.9. The summed E-state index contributed by atoms with van der Waals surface area (Å²) >= 11 is 12.0. The van der Waals surface area contributed by atoms with Crippen molar-refractivity contribution in [2.75, 3.05) is 11.9 Å². The van der Waals surface area contributed by atoms with Gasteiger partial charge >= 0.3 is 25.0 Å². The Morgan fingerprint density at radius 2 is 1.78 bits per heavy atom. The molecular formula is C19H23BCl2N2O8. The molecule has 10 nitrogen and oxygen atoms in total. The van der Waals surface area contributed by atoms with Crippen molar-refractivity contribution >= 4 is 59.8 Å². The smallest absolute Gasteiger partial charge is 0.506 e. The molecule has 1 aromatic rings. The minimum atomic E-state index is -2.17. The number of hydrogen-bond acceptors (Lipinski definition) is 7. The highest BCUT2D eigenvalue weighted by molar-refractivity contribution is 6.51. The van der Waals surface area contributed by atoms with Crippen LogP contribution in [-0.2, 0) is 28.5 Å². The first-order valence-corrected chi connectivity index (χ1v) is 10.5. The van der Waals surface area contributed by atoms with Gasteiger partial charge in [0, 0.05) is 5.02 Å². The second kappa shape index (κ2) is 10.9. The Morgan fingerprint density at radius 3 is 2.34 bits per heavy atom. The molecule has 1 atom stereocenters. The molecule has 13 heteroatoms. The number of benzene rings is 1. The number of carbonyl (C=O) groups is 4. The Bertz CT molecular complexity index is 882. The number of carboxylic acids is 2. The van der Waals surface area contributed by atoms with Crippen molar-refractivity contribution in [3.05, 3.63) is 28.2 Å². The number of amides is 1. The molecule has 32 heavy (non-hydrogen) atoms. The first-order chi connectivity index (χ1) is 14.9. The summed E-state index contributed by atoms with van der Waals surface area (Å²) in [6.07, 6.45) is -1.45. The molecule has 1 aromatic carbocycles. The van der Waals surface area contributed by atoms with Gasteiger partial charge in [0.25, 0.3) is 0 Å². The monoisotopic (exact) mass is 488 g/mol. The molecule has 1 saturated heterocycles. The largest absolute Gasteiger partial charge is 0.552 e. The summed E-state index contributed by atoms with van der Waals surface area (Å²) < 4.78 is 10.7. The summed E-state index contributed by atoms with van der Waals surface area (Å²) in [4.78, 5) is 47.4. The molecule has 0 bridgehead atoms. The SMILES string of the molecule is CC(C)C[C@H](NC(=O)CNc1cc(Cl)ccc1Cl)B1OC(=O)C(CC(=O)O)(CC(=O)O)O1. The van der Waals surface area contributed by atoms with Crippen molar-refractivity contribution in [2.45, 2.75) is 44.7 Å². The van der Waals surface area contributed by atoms with Gasteiger partial charge in [0.2, 0.25) is 5.91 Å². The van der Waals surface area contributed by atoms with Crippen LogP contribution in [0.1, 0.15) is 33.1 Å². The topological polar surface area (TPSA) is 151 Å². The molecule has 1 aliphatic heterocycles. The lowest BCUT2D eigenvalue weighted by atomic mass is 9.74. The summed E-state index contributed by atoms with van der Waals surface area (Å²) in [7, 11) is -1.35. The molecule has 1 amide bonds. The lowest BCUT2D eigenvalue weighted by molar-refractivity contribution is -0.157. The second-order valence-corrected chi connectivity index (χ2v) is 8.65. The molecule has 174 valence electrons. The van der Waals surface area contributed by atoms with Crippen molar-refractivity contribution < 1.29 is 38.7 Å². The van der Waals surface area contributed by atoms with E-state index >= 15 is 0 Å². The third-order valence-electron chi connectivity index (χ3n) is 4.58. The van der Waals surface area contributed by atoms with Crippen molar-refractivity contribution in [1.29, 1.82) is 0 Å². The van der Waals surface area contributed by atoms with Crippen molar-refractivity contribution in [3.63, 3.8) is 0 Å². The van der Waals surface area contributed by atoms with Gasteiger partial charge < -0.3 is 30.2 Å². The summed E-state index contributed by atoms with van der Waals surface area (Å²) in [5, 5.41) is 24.6. The van der Waals surface area contributed by atoms with Crippen molar-refractivity contribution in [2.24, 2.45) is 5.92 Å². The van der Waals surface area contributed by atoms with E-state index in [0.29, 0.717) is 22.2 Å². The average Bonchev–Trinajstić information content (AvgIpc) is 2.96. The van der Waals surface area contributed by atoms with Gasteiger partial charge in [-0.1, -0.05) is 37.0 Å². The number of carboxylic acid groups (broad SMARTS) is 2. The van der Waals surface area contributed by atoms with E-state index in [1.54, 1.807) is 18.2 Å². The Labute approximate surface area is 194 Å². The second-order valence-electron chi connectivity index (χ2n) is 7.81. The van der Waals surface area contributed by atoms with Gasteiger partial charge in [-0.05, 0) is 30.5 Å². The highest BCUT2D eigenvalue weighted by Gasteiger charge is 2.57. The van der Waals surface area contributed by atoms with E-state index < -0.39 is 55.3 Å². The maximum Gasteiger partial charge on any atom is 0.552 e. The maximum atomic E-state index is 12.5. The predicted molar refractivity (Wildman–Crippen MR) is 117 cm³/mol. The van der Waals surface area contributed by atoms with Gasteiger partial charge in [0.15, 0.2) is 5.60 Å². The lowest BCUT2D eigenvalue weighted by Gasteiger charge is -2.24. The van der Waals surface area contributed by atoms with Gasteiger partial charge in [0.1, 0.15) is 0 Å². The lowest BCUT2D eigenvalue weighted by Crippen LogP contribution is -2.50. The van der Waals surface area contributed by atoms with E-state index in [-0.39, 0.29) is 12.5 Å². The normalized spacial score (nSPS) is 15.9. The van der Waals surface area contributed by atoms with E-state index in [4.69, 9.17) is 42.7 Å². The Kier molecular flexibility index (Phi) is 8.77. The van der Waals surface area contributed by atoms with Crippen molar-refractivity contribution in [3.8, 4) is 0 Å². The molecule has 0 unspecified atom stereocenters. The predicted octanol–water partition coefficient (Wildman–Crippen LogP) is 2.23. The number of aliphatic carboxylic acids is 2. The summed E-state index contributed by atoms with van der Waals surface area (Å²) in [6.45, 7) is 3.54. The van der Waals surface area contributed by atoms with Crippen LogP contribution in [0.5, 0.6) is 0 Å². The molecular weight excluding hydrogens is 466 g/mol. The van der Waals surface area contributed by atoms with Gasteiger partial charge in [0.05, 0.1) is 36.0 Å². The molecule has 0 radical (unpaired) electrons. The zero-order chi connectivity index (χ0) is 24.1. The molecule has 0 aromatic heterocycles. The number of rotatable bonds is 11. The molecule has 0 saturated carbocycles. The van der Waals surface area contributed by atoms with Crippen LogP contribution in [-0.4, -0.2) is 59.2 Å². The third kappa shape index (κ3) is 7.01. The Hall–Kier alpha value is -2.50. The van der Waals surface area contributed by atoms with Gasteiger partial charge in [-0.25, -0.2) is 0 Å². The third-order valence-corrected chi connectivity index (χ3v) is 5.14. The van der Waals surface area contributed by atoms with Crippen molar-refractivity contribution in [1.82, 2.24) is 5.32 Å². The fourth-order valence-electron chi connectivity index (χ4n) is 3.26. The van der Waals surface area contributed by atoms with Crippen LogP contribution in [0.2, 0.25) is 10.0 Å². The molecule has 4 N–H and O–H groups in total. The Morgan fingerprint density at radius 1 is 1.16 bits per heavy atom. The Balaban J connectivity index is 2.12. The first kappa shape index (κ1) is 25.8. The van der Waals surface area contributed by atoms with Crippen LogP contribution >= 0.6 is 23.2 Å². The molecule has 2 rings (SSSR count). The van der Waals surface area contributed by atoms with Crippen LogP contribution in [0.4, 0.5) is 5.69 Å². The van der Waals surface area contributed by atoms with Crippen LogP contribution < -0.4 is 10.6 Å². The first-order valence-electron chi connectivity index (χ1n) is 9.72. The fourth-order valence-corrected chi connectivity index (χ4v) is 3.62. The van der Waals surface area contributed by atoms with E-state index in [1.165, 1.54) is 0 Å². The maximum absolute atomic E-state index is 12.5. The fraction of sp³-hybridized carbons (Fsp3) is 0.474. The van der Waals surface area contributed by atoms with E-state index in [2.05, 4.69) is 10.6 Å². The van der Waals surface area contributed by atoms with Crippen LogP contribution in [0, 0.1) is 5.92 Å². The highest BCUT2D eigenvalue weighted by atomic mass is 35.5. The molecule has 1 fully saturated rings. The van der Waals surface area contributed by atoms with Gasteiger partial charge in [-0.2, -0.15) is 0 Å².